The van der Waals surface area contributed by atoms with Crippen molar-refractivity contribution in [3.8, 4) is 11.1 Å². The number of carbonyl (C=O) groups is 2. The van der Waals surface area contributed by atoms with E-state index >= 15 is 0 Å². The molecule has 0 unspecified atom stereocenters. The van der Waals surface area contributed by atoms with Crippen molar-refractivity contribution in [2.24, 2.45) is 0 Å². The van der Waals surface area contributed by atoms with E-state index in [-0.39, 0.29) is 43.5 Å². The van der Waals surface area contributed by atoms with Crippen molar-refractivity contribution in [2.75, 3.05) is 24.1 Å². The molecular formula is C44H52N4O5. The van der Waals surface area contributed by atoms with E-state index in [2.05, 4.69) is 70.6 Å². The molecule has 4 aromatic carbocycles. The third-order valence-electron chi connectivity index (χ3n) is 10.2. The first-order chi connectivity index (χ1) is 25.9. The highest BCUT2D eigenvalue weighted by molar-refractivity contribution is 5.94. The molecule has 0 aromatic heterocycles. The second kappa shape index (κ2) is 18.8. The highest BCUT2D eigenvalue weighted by Crippen LogP contribution is 2.39. The number of anilines is 2. The van der Waals surface area contributed by atoms with Gasteiger partial charge in [-0.25, -0.2) is 0 Å². The van der Waals surface area contributed by atoms with Crippen molar-refractivity contribution >= 4 is 23.2 Å². The van der Waals surface area contributed by atoms with Crippen LogP contribution < -0.4 is 16.4 Å². The van der Waals surface area contributed by atoms with E-state index in [0.717, 1.165) is 52.9 Å². The van der Waals surface area contributed by atoms with Gasteiger partial charge in [-0.1, -0.05) is 97.8 Å². The predicted octanol–water partition coefficient (Wildman–Crippen LogP) is 7.83. The van der Waals surface area contributed by atoms with Crippen molar-refractivity contribution in [1.82, 2.24) is 10.2 Å². The summed E-state index contributed by atoms with van der Waals surface area (Å²) in [4.78, 5) is 27.4. The summed E-state index contributed by atoms with van der Waals surface area (Å²) in [6.07, 6.45) is 7.96. The Bertz CT molecular complexity index is 1810. The maximum absolute atomic E-state index is 12.6. The molecule has 2 fully saturated rings. The molecule has 0 bridgehead atoms. The van der Waals surface area contributed by atoms with Crippen LogP contribution in [-0.2, 0) is 32.2 Å². The smallest absolute Gasteiger partial charge is 0.224 e. The molecule has 1 saturated carbocycles. The molecule has 1 aliphatic heterocycles. The van der Waals surface area contributed by atoms with Gasteiger partial charge in [-0.15, -0.1) is 6.58 Å². The fraction of sp³-hybridized carbons (Fsp3) is 0.364. The van der Waals surface area contributed by atoms with E-state index in [4.69, 9.17) is 15.2 Å². The highest BCUT2D eigenvalue weighted by Gasteiger charge is 2.34. The zero-order valence-corrected chi connectivity index (χ0v) is 30.4. The summed E-state index contributed by atoms with van der Waals surface area (Å²) in [5, 5.41) is 15.4. The Morgan fingerprint density at radius 2 is 1.58 bits per heavy atom. The zero-order valence-electron chi connectivity index (χ0n) is 30.4. The van der Waals surface area contributed by atoms with Crippen LogP contribution in [0.4, 0.5) is 11.4 Å². The molecule has 1 saturated heterocycles. The molecule has 1 heterocycles. The van der Waals surface area contributed by atoms with Crippen molar-refractivity contribution in [2.45, 2.75) is 89.1 Å². The van der Waals surface area contributed by atoms with Gasteiger partial charge in [0.25, 0.3) is 0 Å². The van der Waals surface area contributed by atoms with E-state index in [1.54, 1.807) is 12.1 Å². The van der Waals surface area contributed by atoms with Gasteiger partial charge in [0.1, 0.15) is 0 Å². The first kappa shape index (κ1) is 37.9. The molecule has 53 heavy (non-hydrogen) atoms. The summed E-state index contributed by atoms with van der Waals surface area (Å²) in [7, 11) is 0. The van der Waals surface area contributed by atoms with Gasteiger partial charge in [0, 0.05) is 50.5 Å². The minimum atomic E-state index is -0.524. The molecule has 9 heteroatoms. The molecule has 3 atom stereocenters. The lowest BCUT2D eigenvalue weighted by Crippen LogP contribution is -2.43. The van der Waals surface area contributed by atoms with Crippen LogP contribution in [0.5, 0.6) is 0 Å². The molecule has 2 aliphatic rings. The molecule has 278 valence electrons. The minimum Gasteiger partial charge on any atom is -0.397 e. The Morgan fingerprint density at radius 3 is 2.32 bits per heavy atom. The van der Waals surface area contributed by atoms with Crippen LogP contribution in [0.25, 0.3) is 11.1 Å². The van der Waals surface area contributed by atoms with Gasteiger partial charge in [0.2, 0.25) is 11.8 Å². The van der Waals surface area contributed by atoms with E-state index in [1.807, 2.05) is 42.5 Å². The number of para-hydroxylation sites is 2. The minimum absolute atomic E-state index is 0.00987. The maximum atomic E-state index is 12.6. The number of amides is 2. The topological polar surface area (TPSA) is 126 Å². The monoisotopic (exact) mass is 716 g/mol. The summed E-state index contributed by atoms with van der Waals surface area (Å²) < 4.78 is 13.3. The molecule has 0 spiro atoms. The Kier molecular flexibility index (Phi) is 13.5. The van der Waals surface area contributed by atoms with Crippen LogP contribution in [0.15, 0.2) is 110 Å². The number of carbonyl (C=O) groups excluding carboxylic acids is 2. The second-order valence-electron chi connectivity index (χ2n) is 14.1. The van der Waals surface area contributed by atoms with Crippen molar-refractivity contribution in [1.29, 1.82) is 0 Å². The fourth-order valence-electron chi connectivity index (χ4n) is 7.32. The third kappa shape index (κ3) is 10.6. The SMILES string of the molecule is C=CCN(C[C@H]1C[C@@H](c2ccc(CO)cc2)O[C@@H](c2ccc(-c3cccc(CNC(=O)CCCC(=O)Nc4ccccc4N)c3)cc2)O1)C1CCCC1. The standard InChI is InChI=1S/C44H52N4O5/c1-2-25-48(37-11-3-4-12-37)29-38-27-41(34-19-17-31(30-49)18-20-34)53-44(52-38)35-23-21-33(22-24-35)36-10-7-9-32(26-36)28-46-42(50)15-8-16-43(51)47-40-14-6-5-13-39(40)45/h2,5-7,9-10,13-14,17-24,26,37-38,41,44,49H,1,3-4,8,11-12,15-16,25,27-30,45H2,(H,46,50)(H,47,51)/t38-,41+,44+/m1/s1. The zero-order chi connectivity index (χ0) is 37.0. The molecular weight excluding hydrogens is 665 g/mol. The summed E-state index contributed by atoms with van der Waals surface area (Å²) in [6, 6.07) is 32.1. The van der Waals surface area contributed by atoms with Crippen LogP contribution in [0.2, 0.25) is 0 Å². The lowest BCUT2D eigenvalue weighted by molar-refractivity contribution is -0.253. The number of rotatable bonds is 16. The van der Waals surface area contributed by atoms with Crippen molar-refractivity contribution in [3.05, 3.63) is 132 Å². The number of benzene rings is 4. The van der Waals surface area contributed by atoms with Crippen LogP contribution in [-0.4, -0.2) is 47.1 Å². The van der Waals surface area contributed by atoms with Gasteiger partial charge in [0.05, 0.1) is 30.2 Å². The molecule has 9 nitrogen and oxygen atoms in total. The molecule has 5 N–H and O–H groups in total. The van der Waals surface area contributed by atoms with Crippen LogP contribution in [0.1, 0.15) is 86.0 Å². The number of aliphatic hydroxyl groups excluding tert-OH is 1. The highest BCUT2D eigenvalue weighted by atomic mass is 16.7. The summed E-state index contributed by atoms with van der Waals surface area (Å²) >= 11 is 0. The van der Waals surface area contributed by atoms with E-state index in [0.29, 0.717) is 30.4 Å². The Hall–Kier alpha value is -4.80. The van der Waals surface area contributed by atoms with Gasteiger partial charge in [-0.2, -0.15) is 0 Å². The number of hydrogen-bond donors (Lipinski definition) is 4. The molecule has 1 aliphatic carbocycles. The normalized spacial score (nSPS) is 18.9. The molecule has 0 radical (unpaired) electrons. The van der Waals surface area contributed by atoms with Crippen LogP contribution >= 0.6 is 0 Å². The Labute approximate surface area is 313 Å². The van der Waals surface area contributed by atoms with Gasteiger partial charge in [-0.05, 0) is 65.3 Å². The molecule has 2 amide bonds. The summed E-state index contributed by atoms with van der Waals surface area (Å²) in [5.41, 5.74) is 13.0. The van der Waals surface area contributed by atoms with Crippen LogP contribution in [0, 0.1) is 0 Å². The summed E-state index contributed by atoms with van der Waals surface area (Å²) in [6.45, 7) is 6.10. The number of nitrogens with zero attached hydrogens (tertiary/aromatic N) is 1. The lowest BCUT2D eigenvalue weighted by atomic mass is 9.98. The van der Waals surface area contributed by atoms with Crippen LogP contribution in [0.3, 0.4) is 0 Å². The average Bonchev–Trinajstić information content (AvgIpc) is 3.73. The molecule has 4 aromatic rings. The number of nitrogen functional groups attached to an aromatic ring is 1. The van der Waals surface area contributed by atoms with E-state index in [9.17, 15) is 14.7 Å². The number of nitrogens with two attached hydrogens (primary N) is 1. The third-order valence-corrected chi connectivity index (χ3v) is 10.2. The van der Waals surface area contributed by atoms with Crippen molar-refractivity contribution < 1.29 is 24.2 Å². The Morgan fingerprint density at radius 1 is 0.849 bits per heavy atom. The number of ether oxygens (including phenoxy) is 2. The first-order valence-corrected chi connectivity index (χ1v) is 18.8. The fourth-order valence-corrected chi connectivity index (χ4v) is 7.32. The number of hydrogen-bond acceptors (Lipinski definition) is 7. The van der Waals surface area contributed by atoms with E-state index in [1.165, 1.54) is 25.7 Å². The average molecular weight is 717 g/mol. The Balaban J connectivity index is 1.06. The van der Waals surface area contributed by atoms with Gasteiger partial charge < -0.3 is 30.9 Å². The largest absolute Gasteiger partial charge is 0.397 e. The van der Waals surface area contributed by atoms with Gasteiger partial charge in [0.15, 0.2) is 6.29 Å². The predicted molar refractivity (Wildman–Crippen MR) is 210 cm³/mol. The van der Waals surface area contributed by atoms with Gasteiger partial charge in [-0.3, -0.25) is 14.5 Å². The maximum Gasteiger partial charge on any atom is 0.224 e. The lowest BCUT2D eigenvalue weighted by Gasteiger charge is -2.39. The quantitative estimate of drug-likeness (QED) is 0.0688. The summed E-state index contributed by atoms with van der Waals surface area (Å²) in [5.74, 6) is -0.269. The van der Waals surface area contributed by atoms with E-state index < -0.39 is 6.29 Å². The number of aliphatic hydroxyl groups is 1. The second-order valence-corrected chi connectivity index (χ2v) is 14.1. The van der Waals surface area contributed by atoms with Gasteiger partial charge >= 0.3 is 0 Å². The number of nitrogens with one attached hydrogen (secondary N) is 2. The van der Waals surface area contributed by atoms with Crippen molar-refractivity contribution in [3.63, 3.8) is 0 Å². The molecule has 6 rings (SSSR count). The first-order valence-electron chi connectivity index (χ1n) is 18.8.